The molecule has 1 heterocycles. The lowest BCUT2D eigenvalue weighted by atomic mass is 10.0. The first-order chi connectivity index (χ1) is 10.7. The zero-order valence-electron chi connectivity index (χ0n) is 14.1. The van der Waals surface area contributed by atoms with Gasteiger partial charge in [-0.2, -0.15) is 0 Å². The number of carbonyl (C=O) groups is 1. The number of anilines is 1. The first-order valence-corrected chi connectivity index (χ1v) is 8.62. The lowest BCUT2D eigenvalue weighted by molar-refractivity contribution is 0.0205. The summed E-state index contributed by atoms with van der Waals surface area (Å²) in [5.41, 5.74) is 0.106. The molecule has 0 bridgehead atoms. The summed E-state index contributed by atoms with van der Waals surface area (Å²) >= 11 is 3.27. The Bertz CT molecular complexity index is 566. The van der Waals surface area contributed by atoms with E-state index in [9.17, 15) is 9.18 Å². The predicted octanol–water partition coefficient (Wildman–Crippen LogP) is 4.42. The van der Waals surface area contributed by atoms with Gasteiger partial charge in [-0.15, -0.1) is 0 Å². The predicted molar refractivity (Wildman–Crippen MR) is 93.3 cm³/mol. The van der Waals surface area contributed by atoms with Crippen molar-refractivity contribution >= 4 is 27.7 Å². The third kappa shape index (κ3) is 4.83. The number of hydrogen-bond donors (Lipinski definition) is 0. The van der Waals surface area contributed by atoms with Crippen LogP contribution in [-0.2, 0) is 4.74 Å². The quantitative estimate of drug-likeness (QED) is 0.753. The molecule has 0 spiro atoms. The van der Waals surface area contributed by atoms with Gasteiger partial charge in [0.15, 0.2) is 0 Å². The SMILES string of the molecule is CN(c1ccc(Br)cc1F)C1CCN(C(=O)OC(C)(C)C)CC1. The fourth-order valence-corrected chi connectivity index (χ4v) is 3.06. The molecular weight excluding hydrogens is 363 g/mol. The molecule has 0 aromatic heterocycles. The highest BCUT2D eigenvalue weighted by molar-refractivity contribution is 9.10. The number of likely N-dealkylation sites (tertiary alicyclic amines) is 1. The largest absolute Gasteiger partial charge is 0.444 e. The highest BCUT2D eigenvalue weighted by Gasteiger charge is 2.29. The van der Waals surface area contributed by atoms with Crippen molar-refractivity contribution < 1.29 is 13.9 Å². The van der Waals surface area contributed by atoms with Gasteiger partial charge in [0.25, 0.3) is 0 Å². The highest BCUT2D eigenvalue weighted by atomic mass is 79.9. The third-order valence-corrected chi connectivity index (χ3v) is 4.45. The van der Waals surface area contributed by atoms with Crippen molar-refractivity contribution in [1.29, 1.82) is 0 Å². The first kappa shape index (κ1) is 18.0. The zero-order valence-corrected chi connectivity index (χ0v) is 15.7. The average molecular weight is 387 g/mol. The minimum atomic E-state index is -0.481. The molecule has 1 amide bonds. The van der Waals surface area contributed by atoms with Crippen LogP contribution in [0.5, 0.6) is 0 Å². The van der Waals surface area contributed by atoms with Crippen LogP contribution in [0.15, 0.2) is 22.7 Å². The van der Waals surface area contributed by atoms with Crippen LogP contribution in [0, 0.1) is 5.82 Å². The molecule has 1 fully saturated rings. The van der Waals surface area contributed by atoms with E-state index in [0.29, 0.717) is 18.8 Å². The van der Waals surface area contributed by atoms with Crippen LogP contribution in [0.1, 0.15) is 33.6 Å². The maximum atomic E-state index is 14.1. The normalized spacial score (nSPS) is 16.3. The lowest BCUT2D eigenvalue weighted by Crippen LogP contribution is -2.47. The molecule has 0 atom stereocenters. The van der Waals surface area contributed by atoms with Crippen LogP contribution in [-0.4, -0.2) is 42.8 Å². The van der Waals surface area contributed by atoms with E-state index < -0.39 is 5.60 Å². The van der Waals surface area contributed by atoms with Crippen LogP contribution < -0.4 is 4.90 Å². The lowest BCUT2D eigenvalue weighted by Gasteiger charge is -2.38. The van der Waals surface area contributed by atoms with Crippen molar-refractivity contribution in [2.45, 2.75) is 45.3 Å². The van der Waals surface area contributed by atoms with E-state index in [1.54, 1.807) is 11.0 Å². The summed E-state index contributed by atoms with van der Waals surface area (Å²) in [5, 5.41) is 0. The second kappa shape index (κ2) is 7.07. The van der Waals surface area contributed by atoms with Crippen molar-refractivity contribution in [2.75, 3.05) is 25.0 Å². The summed E-state index contributed by atoms with van der Waals surface area (Å²) < 4.78 is 20.2. The maximum Gasteiger partial charge on any atom is 0.410 e. The number of nitrogens with zero attached hydrogens (tertiary/aromatic N) is 2. The van der Waals surface area contributed by atoms with E-state index >= 15 is 0 Å². The Balaban J connectivity index is 1.95. The first-order valence-electron chi connectivity index (χ1n) is 7.83. The topological polar surface area (TPSA) is 32.8 Å². The molecular formula is C17H24BrFN2O2. The van der Waals surface area contributed by atoms with Crippen LogP contribution in [0.3, 0.4) is 0 Å². The average Bonchev–Trinajstić information content (AvgIpc) is 2.45. The van der Waals surface area contributed by atoms with Crippen LogP contribution >= 0.6 is 15.9 Å². The van der Waals surface area contributed by atoms with Gasteiger partial charge in [0.05, 0.1) is 5.69 Å². The minimum absolute atomic E-state index is 0.212. The van der Waals surface area contributed by atoms with Gasteiger partial charge in [-0.25, -0.2) is 9.18 Å². The zero-order chi connectivity index (χ0) is 17.2. The number of rotatable bonds is 2. The van der Waals surface area contributed by atoms with Crippen molar-refractivity contribution in [1.82, 2.24) is 4.90 Å². The summed E-state index contributed by atoms with van der Waals surface area (Å²) in [6.07, 6.45) is 1.32. The molecule has 1 aliphatic heterocycles. The molecule has 0 unspecified atom stereocenters. The van der Waals surface area contributed by atoms with Gasteiger partial charge in [0.1, 0.15) is 11.4 Å². The third-order valence-electron chi connectivity index (χ3n) is 3.95. The van der Waals surface area contributed by atoms with Gasteiger partial charge in [0.2, 0.25) is 0 Å². The van der Waals surface area contributed by atoms with Crippen LogP contribution in [0.4, 0.5) is 14.9 Å². The van der Waals surface area contributed by atoms with Crippen LogP contribution in [0.2, 0.25) is 0 Å². The smallest absolute Gasteiger partial charge is 0.410 e. The molecule has 1 aliphatic rings. The van der Waals surface area contributed by atoms with Crippen molar-refractivity contribution in [2.24, 2.45) is 0 Å². The molecule has 2 rings (SSSR count). The Morgan fingerprint density at radius 1 is 1.35 bits per heavy atom. The van der Waals surface area contributed by atoms with Crippen molar-refractivity contribution in [3.8, 4) is 0 Å². The molecule has 0 saturated carbocycles. The van der Waals surface area contributed by atoms with E-state index in [-0.39, 0.29) is 18.0 Å². The number of carbonyl (C=O) groups excluding carboxylic acids is 1. The second-order valence-corrected chi connectivity index (χ2v) is 7.82. The fraction of sp³-hybridized carbons (Fsp3) is 0.588. The Morgan fingerprint density at radius 2 is 1.96 bits per heavy atom. The van der Waals surface area contributed by atoms with Gasteiger partial charge >= 0.3 is 6.09 Å². The Labute approximate surface area is 145 Å². The van der Waals surface area contributed by atoms with E-state index in [2.05, 4.69) is 15.9 Å². The molecule has 23 heavy (non-hydrogen) atoms. The van der Waals surface area contributed by atoms with Crippen molar-refractivity contribution in [3.05, 3.63) is 28.5 Å². The molecule has 4 nitrogen and oxygen atoms in total. The molecule has 0 radical (unpaired) electrons. The summed E-state index contributed by atoms with van der Waals surface area (Å²) in [4.78, 5) is 15.8. The number of hydrogen-bond acceptors (Lipinski definition) is 3. The monoisotopic (exact) mass is 386 g/mol. The van der Waals surface area contributed by atoms with Gasteiger partial charge in [-0.1, -0.05) is 15.9 Å². The molecule has 1 saturated heterocycles. The number of ether oxygens (including phenoxy) is 1. The summed E-state index contributed by atoms with van der Waals surface area (Å²) in [7, 11) is 1.90. The standard InChI is InChI=1S/C17H24BrFN2O2/c1-17(2,3)23-16(22)21-9-7-13(8-10-21)20(4)15-6-5-12(18)11-14(15)19/h5-6,11,13H,7-10H2,1-4H3. The Hall–Kier alpha value is -1.30. The maximum absolute atomic E-state index is 14.1. The van der Waals surface area contributed by atoms with E-state index in [1.165, 1.54) is 6.07 Å². The number of piperidine rings is 1. The summed E-state index contributed by atoms with van der Waals surface area (Å²) in [5.74, 6) is -0.239. The summed E-state index contributed by atoms with van der Waals surface area (Å²) in [6.45, 7) is 6.84. The van der Waals surface area contributed by atoms with Gasteiger partial charge < -0.3 is 14.5 Å². The Morgan fingerprint density at radius 3 is 2.48 bits per heavy atom. The second-order valence-electron chi connectivity index (χ2n) is 6.91. The number of halogens is 2. The van der Waals surface area contributed by atoms with E-state index in [0.717, 1.165) is 17.3 Å². The van der Waals surface area contributed by atoms with Gasteiger partial charge in [-0.3, -0.25) is 0 Å². The highest BCUT2D eigenvalue weighted by Crippen LogP contribution is 2.27. The van der Waals surface area contributed by atoms with Crippen molar-refractivity contribution in [3.63, 3.8) is 0 Å². The molecule has 0 aliphatic carbocycles. The fourth-order valence-electron chi connectivity index (χ4n) is 2.73. The molecule has 6 heteroatoms. The van der Waals surface area contributed by atoms with E-state index in [4.69, 9.17) is 4.74 Å². The Kier molecular flexibility index (Phi) is 5.55. The van der Waals surface area contributed by atoms with Gasteiger partial charge in [0, 0.05) is 30.7 Å². The molecule has 1 aromatic carbocycles. The molecule has 1 aromatic rings. The number of benzene rings is 1. The molecule has 0 N–H and O–H groups in total. The summed E-state index contributed by atoms with van der Waals surface area (Å²) in [6, 6.07) is 5.30. The van der Waals surface area contributed by atoms with E-state index in [1.807, 2.05) is 38.8 Å². The number of amides is 1. The van der Waals surface area contributed by atoms with Crippen LogP contribution in [0.25, 0.3) is 0 Å². The minimum Gasteiger partial charge on any atom is -0.444 e. The molecule has 128 valence electrons. The van der Waals surface area contributed by atoms with Gasteiger partial charge in [-0.05, 0) is 51.8 Å².